The summed E-state index contributed by atoms with van der Waals surface area (Å²) in [5.41, 5.74) is 1.97. The van der Waals surface area contributed by atoms with Crippen molar-refractivity contribution in [1.29, 1.82) is 0 Å². The van der Waals surface area contributed by atoms with Crippen LogP contribution in [0.1, 0.15) is 17.0 Å². The Morgan fingerprint density at radius 2 is 1.95 bits per heavy atom. The fraction of sp³-hybridized carbons (Fsp3) is 0.188. The lowest BCUT2D eigenvalue weighted by molar-refractivity contribution is -0.119. The van der Waals surface area contributed by atoms with Crippen molar-refractivity contribution in [3.63, 3.8) is 0 Å². The van der Waals surface area contributed by atoms with Crippen LogP contribution in [-0.2, 0) is 11.2 Å². The number of hydrogen-bond acceptors (Lipinski definition) is 2. The molecule has 0 radical (unpaired) electrons. The van der Waals surface area contributed by atoms with Gasteiger partial charge in [0, 0.05) is 18.7 Å². The molecule has 3 rings (SSSR count). The van der Waals surface area contributed by atoms with Gasteiger partial charge in [-0.3, -0.25) is 4.79 Å². The quantitative estimate of drug-likeness (QED) is 0.929. The van der Waals surface area contributed by atoms with E-state index in [2.05, 4.69) is 5.32 Å². The van der Waals surface area contributed by atoms with Crippen LogP contribution in [0.3, 0.4) is 0 Å². The van der Waals surface area contributed by atoms with Crippen molar-refractivity contribution in [1.82, 2.24) is 0 Å². The molecule has 1 aliphatic rings. The number of para-hydroxylation sites is 1. The molecule has 2 aromatic rings. The second-order valence-electron chi connectivity index (χ2n) is 4.88. The predicted octanol–water partition coefficient (Wildman–Crippen LogP) is 3.29. The van der Waals surface area contributed by atoms with E-state index < -0.39 is 11.6 Å². The van der Waals surface area contributed by atoms with E-state index in [4.69, 9.17) is 0 Å². The minimum atomic E-state index is -0.930. The van der Waals surface area contributed by atoms with E-state index in [9.17, 15) is 13.6 Å². The average Bonchev–Trinajstić information content (AvgIpc) is 2.88. The van der Waals surface area contributed by atoms with Crippen molar-refractivity contribution < 1.29 is 13.6 Å². The van der Waals surface area contributed by atoms with Crippen LogP contribution in [0.25, 0.3) is 0 Å². The normalized spacial score (nSPS) is 16.6. The molecule has 20 heavy (non-hydrogen) atoms. The van der Waals surface area contributed by atoms with E-state index in [0.29, 0.717) is 6.54 Å². The SMILES string of the molecule is O=C(Cc1cccc(F)c1F)C1CNc2ccccc21. The molecule has 0 aliphatic carbocycles. The van der Waals surface area contributed by atoms with Crippen LogP contribution in [0.4, 0.5) is 14.5 Å². The maximum Gasteiger partial charge on any atom is 0.162 e. The molecule has 1 heterocycles. The van der Waals surface area contributed by atoms with Gasteiger partial charge in [0.2, 0.25) is 0 Å². The van der Waals surface area contributed by atoms with Gasteiger partial charge in [-0.05, 0) is 23.3 Å². The molecule has 0 aromatic heterocycles. The van der Waals surface area contributed by atoms with Gasteiger partial charge in [-0.25, -0.2) is 8.78 Å². The molecule has 102 valence electrons. The molecular weight excluding hydrogens is 260 g/mol. The van der Waals surface area contributed by atoms with E-state index in [0.717, 1.165) is 17.3 Å². The second-order valence-corrected chi connectivity index (χ2v) is 4.88. The highest BCUT2D eigenvalue weighted by Crippen LogP contribution is 2.32. The fourth-order valence-corrected chi connectivity index (χ4v) is 2.57. The molecule has 0 amide bonds. The molecule has 4 heteroatoms. The van der Waals surface area contributed by atoms with Gasteiger partial charge in [-0.2, -0.15) is 0 Å². The van der Waals surface area contributed by atoms with Gasteiger partial charge >= 0.3 is 0 Å². The number of halogens is 2. The number of Topliss-reactive ketones (excluding diaryl/α,β-unsaturated/α-hetero) is 1. The van der Waals surface area contributed by atoms with Crippen LogP contribution in [-0.4, -0.2) is 12.3 Å². The van der Waals surface area contributed by atoms with Crippen LogP contribution in [0.15, 0.2) is 42.5 Å². The van der Waals surface area contributed by atoms with E-state index in [1.54, 1.807) is 0 Å². The van der Waals surface area contributed by atoms with Gasteiger partial charge in [0.05, 0.1) is 5.92 Å². The number of fused-ring (bicyclic) bond motifs is 1. The molecule has 1 atom stereocenters. The Hall–Kier alpha value is -2.23. The largest absolute Gasteiger partial charge is 0.384 e. The fourth-order valence-electron chi connectivity index (χ4n) is 2.57. The number of ketones is 1. The van der Waals surface area contributed by atoms with Crippen molar-refractivity contribution in [3.8, 4) is 0 Å². The van der Waals surface area contributed by atoms with Gasteiger partial charge in [0.25, 0.3) is 0 Å². The molecule has 1 N–H and O–H groups in total. The van der Waals surface area contributed by atoms with Crippen LogP contribution in [0.2, 0.25) is 0 Å². The highest BCUT2D eigenvalue weighted by Gasteiger charge is 2.28. The first kappa shape index (κ1) is 12.8. The smallest absolute Gasteiger partial charge is 0.162 e. The highest BCUT2D eigenvalue weighted by molar-refractivity contribution is 5.91. The van der Waals surface area contributed by atoms with Gasteiger partial charge in [0.1, 0.15) is 5.78 Å². The summed E-state index contributed by atoms with van der Waals surface area (Å²) in [6.07, 6.45) is -0.0930. The first-order chi connectivity index (χ1) is 9.66. The van der Waals surface area contributed by atoms with Crippen LogP contribution in [0.5, 0.6) is 0 Å². The van der Waals surface area contributed by atoms with Gasteiger partial charge in [-0.15, -0.1) is 0 Å². The summed E-state index contributed by atoms with van der Waals surface area (Å²) in [5, 5.41) is 3.15. The van der Waals surface area contributed by atoms with Gasteiger partial charge in [0.15, 0.2) is 11.6 Å². The third-order valence-electron chi connectivity index (χ3n) is 3.62. The summed E-state index contributed by atoms with van der Waals surface area (Å²) in [7, 11) is 0. The zero-order valence-electron chi connectivity index (χ0n) is 10.7. The zero-order valence-corrected chi connectivity index (χ0v) is 10.7. The average molecular weight is 273 g/mol. The predicted molar refractivity (Wildman–Crippen MR) is 72.7 cm³/mol. The van der Waals surface area contributed by atoms with E-state index in [-0.39, 0.29) is 23.7 Å². The van der Waals surface area contributed by atoms with E-state index >= 15 is 0 Å². The monoisotopic (exact) mass is 273 g/mol. The Kier molecular flexibility index (Phi) is 3.22. The molecule has 0 spiro atoms. The Balaban J connectivity index is 1.83. The van der Waals surface area contributed by atoms with Crippen LogP contribution >= 0.6 is 0 Å². The minimum absolute atomic E-state index is 0.0930. The van der Waals surface area contributed by atoms with Crippen molar-refractivity contribution in [2.45, 2.75) is 12.3 Å². The molecule has 0 fully saturated rings. The number of anilines is 1. The molecule has 0 saturated heterocycles. The Morgan fingerprint density at radius 1 is 1.15 bits per heavy atom. The Bertz CT molecular complexity index is 669. The van der Waals surface area contributed by atoms with Gasteiger partial charge in [-0.1, -0.05) is 30.3 Å². The van der Waals surface area contributed by atoms with Crippen molar-refractivity contribution in [2.75, 3.05) is 11.9 Å². The third kappa shape index (κ3) is 2.18. The lowest BCUT2D eigenvalue weighted by atomic mass is 9.92. The summed E-state index contributed by atoms with van der Waals surface area (Å²) < 4.78 is 26.7. The summed E-state index contributed by atoms with van der Waals surface area (Å²) in [5.74, 6) is -2.25. The molecule has 0 saturated carbocycles. The highest BCUT2D eigenvalue weighted by atomic mass is 19.2. The number of carbonyl (C=O) groups is 1. The van der Waals surface area contributed by atoms with Gasteiger partial charge < -0.3 is 5.32 Å². The van der Waals surface area contributed by atoms with Crippen molar-refractivity contribution in [3.05, 3.63) is 65.2 Å². The molecular formula is C16H13F2NO. The molecule has 1 unspecified atom stereocenters. The zero-order chi connectivity index (χ0) is 14.1. The number of nitrogens with one attached hydrogen (secondary N) is 1. The number of hydrogen-bond donors (Lipinski definition) is 1. The summed E-state index contributed by atoms with van der Waals surface area (Å²) in [6.45, 7) is 0.509. The Morgan fingerprint density at radius 3 is 2.80 bits per heavy atom. The summed E-state index contributed by atoms with van der Waals surface area (Å²) >= 11 is 0. The molecule has 1 aliphatic heterocycles. The first-order valence-electron chi connectivity index (χ1n) is 6.45. The first-order valence-corrected chi connectivity index (χ1v) is 6.45. The topological polar surface area (TPSA) is 29.1 Å². The second kappa shape index (κ2) is 5.04. The molecule has 2 nitrogen and oxygen atoms in total. The van der Waals surface area contributed by atoms with Crippen LogP contribution < -0.4 is 5.32 Å². The molecule has 2 aromatic carbocycles. The maximum atomic E-state index is 13.6. The third-order valence-corrected chi connectivity index (χ3v) is 3.62. The maximum absolute atomic E-state index is 13.6. The van der Waals surface area contributed by atoms with Crippen molar-refractivity contribution in [2.24, 2.45) is 0 Å². The minimum Gasteiger partial charge on any atom is -0.384 e. The lowest BCUT2D eigenvalue weighted by Crippen LogP contribution is -2.17. The summed E-state index contributed by atoms with van der Waals surface area (Å²) in [4.78, 5) is 12.3. The van der Waals surface area contributed by atoms with E-state index in [1.165, 1.54) is 12.1 Å². The standard InChI is InChI=1S/C16H13F2NO/c17-13-6-3-4-10(16(13)18)8-15(20)12-9-19-14-7-2-1-5-11(12)14/h1-7,12,19H,8-9H2. The number of rotatable bonds is 3. The van der Waals surface area contributed by atoms with Crippen molar-refractivity contribution >= 4 is 11.5 Å². The Labute approximate surface area is 115 Å². The lowest BCUT2D eigenvalue weighted by Gasteiger charge is -2.10. The number of carbonyl (C=O) groups excluding carboxylic acids is 1. The van der Waals surface area contributed by atoms with Crippen LogP contribution in [0, 0.1) is 11.6 Å². The summed E-state index contributed by atoms with van der Waals surface area (Å²) in [6, 6.07) is 11.5. The number of benzene rings is 2. The van der Waals surface area contributed by atoms with E-state index in [1.807, 2.05) is 24.3 Å². The molecule has 0 bridgehead atoms.